The van der Waals surface area contributed by atoms with Crippen molar-refractivity contribution in [1.82, 2.24) is 5.32 Å². The zero-order valence-corrected chi connectivity index (χ0v) is 14.5. The second kappa shape index (κ2) is 9.11. The fourth-order valence-electron chi connectivity index (χ4n) is 2.67. The van der Waals surface area contributed by atoms with Crippen LogP contribution in [0.4, 0.5) is 5.69 Å². The topological polar surface area (TPSA) is 58.6 Å². The summed E-state index contributed by atoms with van der Waals surface area (Å²) in [7, 11) is 3.80. The molecule has 24 heavy (non-hydrogen) atoms. The highest BCUT2D eigenvalue weighted by molar-refractivity contribution is 5.92. The standard InChI is InChI=1S/C19H26N2O3/c1-21(2)17-10-6-9-16(13-17)19(23)24-14-18(22)20-12-11-15-7-4-3-5-8-15/h6-7,9-10,13H,3-5,8,11-12,14H2,1-2H3,(H,20,22). The third-order valence-electron chi connectivity index (χ3n) is 4.09. The number of benzene rings is 1. The molecule has 1 aromatic carbocycles. The molecule has 0 atom stereocenters. The smallest absolute Gasteiger partial charge is 0.338 e. The maximum atomic E-state index is 12.0. The number of anilines is 1. The second-order valence-corrected chi connectivity index (χ2v) is 6.23. The Hall–Kier alpha value is -2.30. The van der Waals surface area contributed by atoms with Gasteiger partial charge in [0.05, 0.1) is 5.56 Å². The summed E-state index contributed by atoms with van der Waals surface area (Å²) in [5, 5.41) is 2.80. The molecule has 0 radical (unpaired) electrons. The molecule has 5 nitrogen and oxygen atoms in total. The van der Waals surface area contributed by atoms with Gasteiger partial charge >= 0.3 is 5.97 Å². The van der Waals surface area contributed by atoms with Crippen LogP contribution in [0.15, 0.2) is 35.9 Å². The van der Waals surface area contributed by atoms with Gasteiger partial charge < -0.3 is 15.0 Å². The molecule has 1 aliphatic rings. The number of hydrogen-bond donors (Lipinski definition) is 1. The fourth-order valence-corrected chi connectivity index (χ4v) is 2.67. The maximum Gasteiger partial charge on any atom is 0.338 e. The monoisotopic (exact) mass is 330 g/mol. The molecule has 0 aliphatic heterocycles. The van der Waals surface area contributed by atoms with Gasteiger partial charge in [-0.25, -0.2) is 4.79 Å². The first kappa shape index (κ1) is 18.0. The largest absolute Gasteiger partial charge is 0.452 e. The van der Waals surface area contributed by atoms with Gasteiger partial charge in [0.1, 0.15) is 0 Å². The number of carbonyl (C=O) groups excluding carboxylic acids is 2. The van der Waals surface area contributed by atoms with Gasteiger partial charge in [-0.05, 0) is 50.3 Å². The Morgan fingerprint density at radius 1 is 1.25 bits per heavy atom. The lowest BCUT2D eigenvalue weighted by atomic mass is 9.97. The number of amides is 1. The minimum Gasteiger partial charge on any atom is -0.452 e. The van der Waals surface area contributed by atoms with Crippen LogP contribution in [-0.4, -0.2) is 39.1 Å². The van der Waals surface area contributed by atoms with Gasteiger partial charge in [0.2, 0.25) is 0 Å². The summed E-state index contributed by atoms with van der Waals surface area (Å²) in [6, 6.07) is 7.13. The normalized spacial score (nSPS) is 13.8. The van der Waals surface area contributed by atoms with Crippen LogP contribution in [-0.2, 0) is 9.53 Å². The molecule has 1 aliphatic carbocycles. The van der Waals surface area contributed by atoms with Crippen LogP contribution < -0.4 is 10.2 Å². The Bertz CT molecular complexity index is 608. The summed E-state index contributed by atoms with van der Waals surface area (Å²) in [6.45, 7) is 0.350. The van der Waals surface area contributed by atoms with E-state index in [-0.39, 0.29) is 12.5 Å². The Kier molecular flexibility index (Phi) is 6.85. The number of nitrogens with one attached hydrogen (secondary N) is 1. The molecular weight excluding hydrogens is 304 g/mol. The summed E-state index contributed by atoms with van der Waals surface area (Å²) in [5.41, 5.74) is 2.77. The van der Waals surface area contributed by atoms with Gasteiger partial charge in [-0.15, -0.1) is 0 Å². The highest BCUT2D eigenvalue weighted by atomic mass is 16.5. The predicted octanol–water partition coefficient (Wildman–Crippen LogP) is 2.92. The van der Waals surface area contributed by atoms with Gasteiger partial charge in [0, 0.05) is 26.3 Å². The molecule has 0 saturated carbocycles. The van der Waals surface area contributed by atoms with Crippen LogP contribution in [0.5, 0.6) is 0 Å². The average molecular weight is 330 g/mol. The molecule has 1 amide bonds. The van der Waals surface area contributed by atoms with Crippen molar-refractivity contribution in [1.29, 1.82) is 0 Å². The SMILES string of the molecule is CN(C)c1cccc(C(=O)OCC(=O)NCCC2=CCCCC2)c1. The molecule has 2 rings (SSSR count). The summed E-state index contributed by atoms with van der Waals surface area (Å²) in [6.07, 6.45) is 7.93. The fraction of sp³-hybridized carbons (Fsp3) is 0.474. The summed E-state index contributed by atoms with van der Waals surface area (Å²) < 4.78 is 5.08. The summed E-state index contributed by atoms with van der Waals surface area (Å²) >= 11 is 0. The Morgan fingerprint density at radius 2 is 2.08 bits per heavy atom. The van der Waals surface area contributed by atoms with Gasteiger partial charge in [-0.1, -0.05) is 17.7 Å². The number of carbonyl (C=O) groups is 2. The molecule has 0 unspecified atom stereocenters. The van der Waals surface area contributed by atoms with Crippen molar-refractivity contribution in [2.24, 2.45) is 0 Å². The van der Waals surface area contributed by atoms with Crippen molar-refractivity contribution in [2.75, 3.05) is 32.1 Å². The number of ether oxygens (including phenoxy) is 1. The third kappa shape index (κ3) is 5.72. The third-order valence-corrected chi connectivity index (χ3v) is 4.09. The van der Waals surface area contributed by atoms with Crippen LogP contribution in [0.25, 0.3) is 0 Å². The number of hydrogen-bond acceptors (Lipinski definition) is 4. The molecule has 0 bridgehead atoms. The second-order valence-electron chi connectivity index (χ2n) is 6.23. The molecule has 0 spiro atoms. The van der Waals surface area contributed by atoms with Crippen LogP contribution in [0, 0.1) is 0 Å². The average Bonchev–Trinajstić information content (AvgIpc) is 2.60. The summed E-state index contributed by atoms with van der Waals surface area (Å²) in [5.74, 6) is -0.743. The van der Waals surface area contributed by atoms with E-state index in [0.717, 1.165) is 24.9 Å². The summed E-state index contributed by atoms with van der Waals surface area (Å²) in [4.78, 5) is 25.7. The number of allylic oxidation sites excluding steroid dienone is 1. The molecule has 5 heteroatoms. The van der Waals surface area contributed by atoms with E-state index in [1.807, 2.05) is 25.1 Å². The Morgan fingerprint density at radius 3 is 2.79 bits per heavy atom. The highest BCUT2D eigenvalue weighted by Crippen LogP contribution is 2.19. The Balaban J connectivity index is 1.72. The number of nitrogens with zero attached hydrogens (tertiary/aromatic N) is 1. The number of rotatable bonds is 7. The van der Waals surface area contributed by atoms with E-state index in [1.54, 1.807) is 18.2 Å². The van der Waals surface area contributed by atoms with E-state index in [1.165, 1.54) is 18.4 Å². The van der Waals surface area contributed by atoms with Crippen LogP contribution in [0.2, 0.25) is 0 Å². The maximum absolute atomic E-state index is 12.0. The molecule has 1 aromatic rings. The van der Waals surface area contributed by atoms with Crippen molar-refractivity contribution in [3.63, 3.8) is 0 Å². The molecule has 0 heterocycles. The first-order valence-corrected chi connectivity index (χ1v) is 8.45. The van der Waals surface area contributed by atoms with Crippen molar-refractivity contribution in [3.8, 4) is 0 Å². The van der Waals surface area contributed by atoms with E-state index in [0.29, 0.717) is 12.1 Å². The van der Waals surface area contributed by atoms with E-state index in [9.17, 15) is 9.59 Å². The number of esters is 1. The van der Waals surface area contributed by atoms with Crippen molar-refractivity contribution in [3.05, 3.63) is 41.5 Å². The Labute approximate surface area is 143 Å². The minimum absolute atomic E-state index is 0.246. The first-order valence-electron chi connectivity index (χ1n) is 8.45. The van der Waals surface area contributed by atoms with Crippen LogP contribution >= 0.6 is 0 Å². The van der Waals surface area contributed by atoms with Crippen molar-refractivity contribution < 1.29 is 14.3 Å². The molecule has 130 valence electrons. The van der Waals surface area contributed by atoms with E-state index in [4.69, 9.17) is 4.74 Å². The molecule has 0 fully saturated rings. The van der Waals surface area contributed by atoms with Crippen molar-refractivity contribution in [2.45, 2.75) is 32.1 Å². The molecule has 0 aromatic heterocycles. The van der Waals surface area contributed by atoms with Crippen LogP contribution in [0.3, 0.4) is 0 Å². The zero-order chi connectivity index (χ0) is 17.4. The van der Waals surface area contributed by atoms with E-state index < -0.39 is 5.97 Å². The highest BCUT2D eigenvalue weighted by Gasteiger charge is 2.11. The molecule has 0 saturated heterocycles. The van der Waals surface area contributed by atoms with Gasteiger partial charge in [0.25, 0.3) is 5.91 Å². The van der Waals surface area contributed by atoms with Crippen molar-refractivity contribution >= 4 is 17.6 Å². The first-order chi connectivity index (χ1) is 11.6. The zero-order valence-electron chi connectivity index (χ0n) is 14.5. The van der Waals surface area contributed by atoms with E-state index in [2.05, 4.69) is 11.4 Å². The molecular formula is C19H26N2O3. The minimum atomic E-state index is -0.483. The molecule has 1 N–H and O–H groups in total. The van der Waals surface area contributed by atoms with Crippen LogP contribution in [0.1, 0.15) is 42.5 Å². The predicted molar refractivity (Wildman–Crippen MR) is 95.2 cm³/mol. The van der Waals surface area contributed by atoms with Gasteiger partial charge in [-0.3, -0.25) is 4.79 Å². The van der Waals surface area contributed by atoms with Gasteiger partial charge in [0.15, 0.2) is 6.61 Å². The lowest BCUT2D eigenvalue weighted by molar-refractivity contribution is -0.124. The lowest BCUT2D eigenvalue weighted by Gasteiger charge is -2.14. The van der Waals surface area contributed by atoms with E-state index >= 15 is 0 Å². The van der Waals surface area contributed by atoms with Gasteiger partial charge in [-0.2, -0.15) is 0 Å². The quantitative estimate of drug-likeness (QED) is 0.617. The lowest BCUT2D eigenvalue weighted by Crippen LogP contribution is -2.29.